The van der Waals surface area contributed by atoms with Crippen LogP contribution in [0.4, 0.5) is 34.1 Å². The Morgan fingerprint density at radius 1 is 0.212 bits per heavy atom. The number of benzene rings is 10. The van der Waals surface area contributed by atoms with E-state index in [4.69, 9.17) is 0 Å². The van der Waals surface area contributed by atoms with Crippen LogP contribution in [-0.4, -0.2) is 0 Å². The lowest BCUT2D eigenvalue weighted by molar-refractivity contribution is 1.29. The topological polar surface area (TPSA) is 6.48 Å². The van der Waals surface area contributed by atoms with Gasteiger partial charge in [-0.25, -0.2) is 0 Å². The van der Waals surface area contributed by atoms with E-state index in [-0.39, 0.29) is 0 Å². The first-order chi connectivity index (χ1) is 25.8. The Labute approximate surface area is 303 Å². The van der Waals surface area contributed by atoms with Crippen molar-refractivity contribution in [2.45, 2.75) is 0 Å². The van der Waals surface area contributed by atoms with Gasteiger partial charge in [0.1, 0.15) is 0 Å². The SMILES string of the molecule is c1ccc(N(c2ccc3ccccc3c2)c2ccc3c(ccc4c5cccc(N(c6ccccc6)c6ccc7ccccc7c6)c5ccc34)c2)cc1. The van der Waals surface area contributed by atoms with E-state index in [9.17, 15) is 0 Å². The molecule has 0 aliphatic heterocycles. The summed E-state index contributed by atoms with van der Waals surface area (Å²) in [6.07, 6.45) is 0. The van der Waals surface area contributed by atoms with E-state index in [2.05, 4.69) is 216 Å². The minimum Gasteiger partial charge on any atom is -0.310 e. The van der Waals surface area contributed by atoms with Crippen LogP contribution in [-0.2, 0) is 0 Å². The van der Waals surface area contributed by atoms with E-state index >= 15 is 0 Å². The van der Waals surface area contributed by atoms with Crippen LogP contribution >= 0.6 is 0 Å². The Balaban J connectivity index is 1.12. The van der Waals surface area contributed by atoms with Crippen molar-refractivity contribution in [2.24, 2.45) is 0 Å². The molecule has 0 fully saturated rings. The molecule has 0 amide bonds. The Hall–Kier alpha value is -6.90. The summed E-state index contributed by atoms with van der Waals surface area (Å²) in [7, 11) is 0. The van der Waals surface area contributed by atoms with Gasteiger partial charge in [-0.05, 0) is 115 Å². The Morgan fingerprint density at radius 2 is 0.635 bits per heavy atom. The van der Waals surface area contributed by atoms with Gasteiger partial charge in [0, 0.05) is 33.8 Å². The second-order valence-corrected chi connectivity index (χ2v) is 13.4. The molecule has 0 saturated heterocycles. The fourth-order valence-electron chi connectivity index (χ4n) is 7.88. The molecule has 2 heteroatoms. The molecule has 0 spiro atoms. The average Bonchev–Trinajstić information content (AvgIpc) is 3.21. The van der Waals surface area contributed by atoms with Crippen molar-refractivity contribution < 1.29 is 0 Å². The first-order valence-electron chi connectivity index (χ1n) is 17.8. The highest BCUT2D eigenvalue weighted by Crippen LogP contribution is 2.43. The number of hydrogen-bond acceptors (Lipinski definition) is 2. The molecule has 0 N–H and O–H groups in total. The van der Waals surface area contributed by atoms with Gasteiger partial charge in [0.15, 0.2) is 0 Å². The Morgan fingerprint density at radius 3 is 1.29 bits per heavy atom. The van der Waals surface area contributed by atoms with Crippen molar-refractivity contribution in [1.29, 1.82) is 0 Å². The van der Waals surface area contributed by atoms with Crippen molar-refractivity contribution in [1.82, 2.24) is 0 Å². The maximum Gasteiger partial charge on any atom is 0.0540 e. The molecule has 10 aromatic rings. The minimum atomic E-state index is 1.13. The first kappa shape index (κ1) is 30.0. The summed E-state index contributed by atoms with van der Waals surface area (Å²) in [5.41, 5.74) is 6.82. The number of hydrogen-bond donors (Lipinski definition) is 0. The highest BCUT2D eigenvalue weighted by molar-refractivity contribution is 6.20. The minimum absolute atomic E-state index is 1.13. The van der Waals surface area contributed by atoms with Crippen LogP contribution in [0.1, 0.15) is 0 Å². The monoisotopic (exact) mass is 662 g/mol. The van der Waals surface area contributed by atoms with Gasteiger partial charge in [-0.1, -0.05) is 140 Å². The normalized spacial score (nSPS) is 11.5. The van der Waals surface area contributed by atoms with E-state index < -0.39 is 0 Å². The molecule has 244 valence electrons. The third-order valence-corrected chi connectivity index (χ3v) is 10.3. The molecule has 10 rings (SSSR count). The predicted octanol–water partition coefficient (Wildman–Crippen LogP) is 14.4. The number of anilines is 6. The van der Waals surface area contributed by atoms with Crippen molar-refractivity contribution in [3.05, 3.63) is 206 Å². The molecule has 0 saturated carbocycles. The van der Waals surface area contributed by atoms with Crippen LogP contribution in [0.3, 0.4) is 0 Å². The Kier molecular flexibility index (Phi) is 7.18. The molecular weight excluding hydrogens is 629 g/mol. The van der Waals surface area contributed by atoms with Gasteiger partial charge in [0.2, 0.25) is 0 Å². The molecule has 0 heterocycles. The molecule has 0 aliphatic rings. The summed E-state index contributed by atoms with van der Waals surface area (Å²) in [5, 5.41) is 12.3. The summed E-state index contributed by atoms with van der Waals surface area (Å²) in [6.45, 7) is 0. The number of nitrogens with zero attached hydrogens (tertiary/aromatic N) is 2. The zero-order valence-electron chi connectivity index (χ0n) is 28.5. The fourth-order valence-corrected chi connectivity index (χ4v) is 7.88. The van der Waals surface area contributed by atoms with Crippen molar-refractivity contribution in [3.8, 4) is 0 Å². The van der Waals surface area contributed by atoms with E-state index in [0.29, 0.717) is 0 Å². The van der Waals surface area contributed by atoms with Gasteiger partial charge in [-0.15, -0.1) is 0 Å². The number of rotatable bonds is 6. The lowest BCUT2D eigenvalue weighted by atomic mass is 9.95. The van der Waals surface area contributed by atoms with Gasteiger partial charge < -0.3 is 9.80 Å². The highest BCUT2D eigenvalue weighted by Gasteiger charge is 2.18. The third-order valence-electron chi connectivity index (χ3n) is 10.3. The average molecular weight is 663 g/mol. The maximum absolute atomic E-state index is 2.39. The third kappa shape index (κ3) is 5.12. The molecular formula is C50H34N2. The molecule has 10 aromatic carbocycles. The van der Waals surface area contributed by atoms with Crippen LogP contribution in [0.2, 0.25) is 0 Å². The summed E-state index contributed by atoms with van der Waals surface area (Å²) in [6, 6.07) is 74.8. The standard InChI is InChI=1S/C50H34N2/c1-3-16-40(17-4-1)51(42-25-22-35-12-7-9-14-37(35)32-42)43-27-29-45-39(34-43)24-28-48-46-20-11-21-50(49(46)31-30-47(45)48)52(41-18-5-2-6-19-41)44-26-23-36-13-8-10-15-38(36)33-44/h1-34H. The zero-order valence-corrected chi connectivity index (χ0v) is 28.5. The van der Waals surface area contributed by atoms with E-state index in [0.717, 1.165) is 34.1 Å². The first-order valence-corrected chi connectivity index (χ1v) is 17.8. The van der Waals surface area contributed by atoms with Gasteiger partial charge in [-0.2, -0.15) is 0 Å². The lowest BCUT2D eigenvalue weighted by Crippen LogP contribution is -2.10. The van der Waals surface area contributed by atoms with Crippen LogP contribution in [0.15, 0.2) is 206 Å². The molecule has 0 bridgehead atoms. The summed E-state index contributed by atoms with van der Waals surface area (Å²) >= 11 is 0. The molecule has 0 atom stereocenters. The Bertz CT molecular complexity index is 2910. The van der Waals surface area contributed by atoms with Crippen molar-refractivity contribution in [3.63, 3.8) is 0 Å². The van der Waals surface area contributed by atoms with Crippen LogP contribution in [0, 0.1) is 0 Å². The van der Waals surface area contributed by atoms with Crippen LogP contribution < -0.4 is 9.80 Å². The van der Waals surface area contributed by atoms with Crippen molar-refractivity contribution in [2.75, 3.05) is 9.80 Å². The smallest absolute Gasteiger partial charge is 0.0540 e. The van der Waals surface area contributed by atoms with E-state index in [1.165, 1.54) is 53.9 Å². The quantitative estimate of drug-likeness (QED) is 0.164. The van der Waals surface area contributed by atoms with Gasteiger partial charge in [-0.3, -0.25) is 0 Å². The molecule has 2 nitrogen and oxygen atoms in total. The van der Waals surface area contributed by atoms with Gasteiger partial charge in [0.05, 0.1) is 5.69 Å². The predicted molar refractivity (Wildman–Crippen MR) is 223 cm³/mol. The van der Waals surface area contributed by atoms with Gasteiger partial charge in [0.25, 0.3) is 0 Å². The number of para-hydroxylation sites is 2. The second-order valence-electron chi connectivity index (χ2n) is 13.4. The maximum atomic E-state index is 2.39. The molecule has 0 aliphatic carbocycles. The summed E-state index contributed by atoms with van der Waals surface area (Å²) in [4.78, 5) is 4.74. The second kappa shape index (κ2) is 12.5. The van der Waals surface area contributed by atoms with Gasteiger partial charge >= 0.3 is 0 Å². The van der Waals surface area contributed by atoms with Crippen LogP contribution in [0.25, 0.3) is 53.9 Å². The highest BCUT2D eigenvalue weighted by atomic mass is 15.1. The molecule has 0 aromatic heterocycles. The molecule has 52 heavy (non-hydrogen) atoms. The largest absolute Gasteiger partial charge is 0.310 e. The van der Waals surface area contributed by atoms with E-state index in [1.54, 1.807) is 0 Å². The van der Waals surface area contributed by atoms with E-state index in [1.807, 2.05) is 0 Å². The summed E-state index contributed by atoms with van der Waals surface area (Å²) in [5.74, 6) is 0. The van der Waals surface area contributed by atoms with Crippen molar-refractivity contribution >= 4 is 88.0 Å². The molecule has 0 radical (unpaired) electrons. The molecule has 0 unspecified atom stereocenters. The lowest BCUT2D eigenvalue weighted by Gasteiger charge is -2.27. The number of fused-ring (bicyclic) bond motifs is 7. The summed E-state index contributed by atoms with van der Waals surface area (Å²) < 4.78 is 0. The zero-order chi connectivity index (χ0) is 34.4. The fraction of sp³-hybridized carbons (Fsp3) is 0. The van der Waals surface area contributed by atoms with Crippen LogP contribution in [0.5, 0.6) is 0 Å².